The first-order valence-electron chi connectivity index (χ1n) is 11.2. The van der Waals surface area contributed by atoms with Gasteiger partial charge in [0, 0.05) is 23.5 Å². The Kier molecular flexibility index (Phi) is 5.79. The van der Waals surface area contributed by atoms with E-state index in [4.69, 9.17) is 5.10 Å². The molecule has 1 aliphatic rings. The van der Waals surface area contributed by atoms with Crippen LogP contribution in [0.1, 0.15) is 47.8 Å². The summed E-state index contributed by atoms with van der Waals surface area (Å²) < 4.78 is 2.15. The van der Waals surface area contributed by atoms with E-state index < -0.39 is 0 Å². The van der Waals surface area contributed by atoms with Crippen LogP contribution >= 0.6 is 0 Å². The predicted octanol–water partition coefficient (Wildman–Crippen LogP) is 5.66. The zero-order chi connectivity index (χ0) is 21.8. The topological polar surface area (TPSA) is 59.8 Å². The van der Waals surface area contributed by atoms with Crippen LogP contribution in [0.4, 0.5) is 0 Å². The molecular weight excluding hydrogens is 396 g/mol. The molecule has 0 spiro atoms. The van der Waals surface area contributed by atoms with Gasteiger partial charge in [-0.25, -0.2) is 0 Å². The summed E-state index contributed by atoms with van der Waals surface area (Å²) in [5, 5.41) is 7.90. The Morgan fingerprint density at radius 2 is 1.56 bits per heavy atom. The third-order valence-electron chi connectivity index (χ3n) is 6.12. The van der Waals surface area contributed by atoms with Crippen molar-refractivity contribution in [3.63, 3.8) is 0 Å². The molecule has 0 radical (unpaired) electrons. The molecule has 2 heterocycles. The molecule has 1 fully saturated rings. The predicted molar refractivity (Wildman–Crippen MR) is 126 cm³/mol. The van der Waals surface area contributed by atoms with Crippen molar-refractivity contribution >= 4 is 5.91 Å². The van der Waals surface area contributed by atoms with Gasteiger partial charge in [-0.15, -0.1) is 0 Å². The van der Waals surface area contributed by atoms with Gasteiger partial charge in [-0.2, -0.15) is 5.10 Å². The molecule has 1 aliphatic carbocycles. The number of rotatable bonds is 6. The molecular formula is C27H26N4O. The first-order chi connectivity index (χ1) is 15.8. The molecule has 0 bridgehead atoms. The summed E-state index contributed by atoms with van der Waals surface area (Å²) in [6, 6.07) is 24.4. The lowest BCUT2D eigenvalue weighted by Crippen LogP contribution is -2.23. The lowest BCUT2D eigenvalue weighted by molar-refractivity contribution is 0.0950. The molecule has 32 heavy (non-hydrogen) atoms. The van der Waals surface area contributed by atoms with Crippen molar-refractivity contribution in [2.24, 2.45) is 0 Å². The fourth-order valence-electron chi connectivity index (χ4n) is 4.41. The highest BCUT2D eigenvalue weighted by Gasteiger charge is 2.22. The third kappa shape index (κ3) is 4.33. The van der Waals surface area contributed by atoms with Gasteiger partial charge in [-0.1, -0.05) is 55.3 Å². The van der Waals surface area contributed by atoms with E-state index in [-0.39, 0.29) is 5.91 Å². The molecule has 4 aromatic rings. The minimum Gasteiger partial charge on any atom is -0.346 e. The Morgan fingerprint density at radius 3 is 2.28 bits per heavy atom. The van der Waals surface area contributed by atoms with Crippen LogP contribution in [0.2, 0.25) is 0 Å². The average Bonchev–Trinajstić information content (AvgIpc) is 3.54. The second-order valence-electron chi connectivity index (χ2n) is 8.27. The average molecular weight is 423 g/mol. The van der Waals surface area contributed by atoms with E-state index in [1.54, 1.807) is 0 Å². The monoisotopic (exact) mass is 422 g/mol. The second-order valence-corrected chi connectivity index (χ2v) is 8.27. The zero-order valence-electron chi connectivity index (χ0n) is 17.9. The summed E-state index contributed by atoms with van der Waals surface area (Å²) in [4.78, 5) is 16.9. The van der Waals surface area contributed by atoms with Crippen LogP contribution in [-0.2, 0) is 6.54 Å². The molecule has 0 aliphatic heterocycles. The Morgan fingerprint density at radius 1 is 0.875 bits per heavy atom. The first-order valence-corrected chi connectivity index (χ1v) is 11.2. The lowest BCUT2D eigenvalue weighted by atomic mass is 10.0. The van der Waals surface area contributed by atoms with E-state index in [9.17, 15) is 4.79 Å². The van der Waals surface area contributed by atoms with E-state index >= 15 is 0 Å². The molecule has 5 nitrogen and oxygen atoms in total. The van der Waals surface area contributed by atoms with Gasteiger partial charge in [0.1, 0.15) is 0 Å². The van der Waals surface area contributed by atoms with Crippen molar-refractivity contribution < 1.29 is 4.79 Å². The van der Waals surface area contributed by atoms with Crippen molar-refractivity contribution in [3.8, 4) is 22.4 Å². The standard InChI is InChI=1S/C27H26N4O/c32-27(23-12-10-21(11-13-23)20-6-2-1-3-7-20)29-19-24-18-26(22-14-16-28-17-15-22)31(30-24)25-8-4-5-9-25/h1-3,6-7,10-18,25H,4-5,8-9,19H2,(H,29,32). The van der Waals surface area contributed by atoms with Gasteiger partial charge in [-0.05, 0) is 54.3 Å². The van der Waals surface area contributed by atoms with Crippen LogP contribution in [-0.4, -0.2) is 20.7 Å². The third-order valence-corrected chi connectivity index (χ3v) is 6.12. The van der Waals surface area contributed by atoms with Crippen molar-refractivity contribution in [2.45, 2.75) is 38.3 Å². The Hall–Kier alpha value is -3.73. The number of amides is 1. The number of nitrogens with one attached hydrogen (secondary N) is 1. The molecule has 0 atom stereocenters. The molecule has 2 aromatic heterocycles. The van der Waals surface area contributed by atoms with Crippen LogP contribution in [0.25, 0.3) is 22.4 Å². The van der Waals surface area contributed by atoms with Gasteiger partial charge in [-0.3, -0.25) is 14.5 Å². The number of pyridine rings is 1. The number of carbonyl (C=O) groups is 1. The minimum absolute atomic E-state index is 0.0921. The molecule has 0 unspecified atom stereocenters. The van der Waals surface area contributed by atoms with Crippen LogP contribution in [0.3, 0.4) is 0 Å². The van der Waals surface area contributed by atoms with Crippen molar-refractivity contribution in [1.82, 2.24) is 20.1 Å². The van der Waals surface area contributed by atoms with Gasteiger partial charge in [0.05, 0.1) is 24.0 Å². The highest BCUT2D eigenvalue weighted by Crippen LogP contribution is 2.33. The highest BCUT2D eigenvalue weighted by atomic mass is 16.1. The normalized spacial score (nSPS) is 13.9. The molecule has 5 heteroatoms. The van der Waals surface area contributed by atoms with Crippen molar-refractivity contribution in [1.29, 1.82) is 0 Å². The highest BCUT2D eigenvalue weighted by molar-refractivity contribution is 5.94. The number of hydrogen-bond donors (Lipinski definition) is 1. The Labute approximate surface area is 188 Å². The van der Waals surface area contributed by atoms with Crippen molar-refractivity contribution in [3.05, 3.63) is 96.4 Å². The first kappa shape index (κ1) is 20.2. The Bertz CT molecular complexity index is 1180. The van der Waals surface area contributed by atoms with Gasteiger partial charge < -0.3 is 5.32 Å². The molecule has 5 rings (SSSR count). The molecule has 1 N–H and O–H groups in total. The summed E-state index contributed by atoms with van der Waals surface area (Å²) >= 11 is 0. The molecule has 160 valence electrons. The fourth-order valence-corrected chi connectivity index (χ4v) is 4.41. The van der Waals surface area contributed by atoms with Crippen LogP contribution < -0.4 is 5.32 Å². The lowest BCUT2D eigenvalue weighted by Gasteiger charge is -2.14. The summed E-state index contributed by atoms with van der Waals surface area (Å²) in [7, 11) is 0. The number of aromatic nitrogens is 3. The Balaban J connectivity index is 1.30. The van der Waals surface area contributed by atoms with Gasteiger partial charge in [0.25, 0.3) is 5.91 Å². The largest absolute Gasteiger partial charge is 0.346 e. The van der Waals surface area contributed by atoms with E-state index in [1.807, 2.05) is 67.0 Å². The quantitative estimate of drug-likeness (QED) is 0.436. The maximum Gasteiger partial charge on any atom is 0.251 e. The van der Waals surface area contributed by atoms with Crippen LogP contribution in [0.5, 0.6) is 0 Å². The number of nitrogens with zero attached hydrogens (tertiary/aromatic N) is 3. The van der Waals surface area contributed by atoms with Gasteiger partial charge in [0.15, 0.2) is 0 Å². The summed E-state index contributed by atoms with van der Waals surface area (Å²) in [5.74, 6) is -0.0921. The van der Waals surface area contributed by atoms with Crippen molar-refractivity contribution in [2.75, 3.05) is 0 Å². The van der Waals surface area contributed by atoms with Crippen LogP contribution in [0, 0.1) is 0 Å². The second kappa shape index (κ2) is 9.18. The summed E-state index contributed by atoms with van der Waals surface area (Å²) in [6.45, 7) is 0.400. The molecule has 1 amide bonds. The summed E-state index contributed by atoms with van der Waals surface area (Å²) in [5.41, 5.74) is 5.96. The SMILES string of the molecule is O=C(NCc1cc(-c2ccncc2)n(C2CCCC2)n1)c1ccc(-c2ccccc2)cc1. The van der Waals surface area contributed by atoms with E-state index in [0.717, 1.165) is 40.9 Å². The van der Waals surface area contributed by atoms with E-state index in [1.165, 1.54) is 12.8 Å². The number of carbonyl (C=O) groups excluding carboxylic acids is 1. The zero-order valence-corrected chi connectivity index (χ0v) is 17.9. The minimum atomic E-state index is -0.0921. The van der Waals surface area contributed by atoms with E-state index in [0.29, 0.717) is 18.2 Å². The number of benzene rings is 2. The smallest absolute Gasteiger partial charge is 0.251 e. The molecule has 2 aromatic carbocycles. The summed E-state index contributed by atoms with van der Waals surface area (Å²) in [6.07, 6.45) is 8.40. The number of hydrogen-bond acceptors (Lipinski definition) is 3. The van der Waals surface area contributed by atoms with Gasteiger partial charge in [0.2, 0.25) is 0 Å². The molecule has 1 saturated carbocycles. The molecule has 0 saturated heterocycles. The van der Waals surface area contributed by atoms with E-state index in [2.05, 4.69) is 33.2 Å². The van der Waals surface area contributed by atoms with Gasteiger partial charge >= 0.3 is 0 Å². The maximum atomic E-state index is 12.7. The van der Waals surface area contributed by atoms with Crippen LogP contribution in [0.15, 0.2) is 85.2 Å². The maximum absolute atomic E-state index is 12.7. The fraction of sp³-hybridized carbons (Fsp3) is 0.222.